The molecular formula is C31H28N2O6S. The molecule has 3 heterocycles. The fraction of sp³-hybridized carbons (Fsp3) is 0.226. The second-order valence-electron chi connectivity index (χ2n) is 9.38. The number of aryl methyl sites for hydroxylation is 1. The van der Waals surface area contributed by atoms with Crippen LogP contribution in [-0.4, -0.2) is 30.2 Å². The Balaban J connectivity index is 1.61. The maximum atomic E-state index is 13.8. The number of thiazole rings is 1. The number of aromatic nitrogens is 1. The Hall–Kier alpha value is -4.50. The van der Waals surface area contributed by atoms with E-state index >= 15 is 0 Å². The van der Waals surface area contributed by atoms with Gasteiger partial charge in [0.1, 0.15) is 11.5 Å². The van der Waals surface area contributed by atoms with E-state index in [0.29, 0.717) is 37.7 Å². The molecule has 0 spiro atoms. The van der Waals surface area contributed by atoms with Gasteiger partial charge in [-0.05, 0) is 57.0 Å². The molecular weight excluding hydrogens is 528 g/mol. The van der Waals surface area contributed by atoms with Gasteiger partial charge in [-0.15, -0.1) is 0 Å². The third-order valence-corrected chi connectivity index (χ3v) is 7.80. The van der Waals surface area contributed by atoms with Crippen molar-refractivity contribution in [1.29, 1.82) is 0 Å². The van der Waals surface area contributed by atoms with Crippen molar-refractivity contribution in [2.24, 2.45) is 4.99 Å². The molecule has 8 nitrogen and oxygen atoms in total. The number of carbonyl (C=O) groups is 2. The summed E-state index contributed by atoms with van der Waals surface area (Å²) in [5, 5.41) is 0. The van der Waals surface area contributed by atoms with Crippen molar-refractivity contribution >= 4 is 29.4 Å². The van der Waals surface area contributed by atoms with Gasteiger partial charge in [-0.2, -0.15) is 0 Å². The predicted octanol–water partition coefficient (Wildman–Crippen LogP) is 4.46. The smallest absolute Gasteiger partial charge is 0.338 e. The monoisotopic (exact) mass is 556 g/mol. The van der Waals surface area contributed by atoms with Gasteiger partial charge in [0.25, 0.3) is 5.56 Å². The lowest BCUT2D eigenvalue weighted by Gasteiger charge is -2.24. The number of allylic oxidation sites excluding steroid dienone is 1. The number of hydrogen-bond donors (Lipinski definition) is 0. The summed E-state index contributed by atoms with van der Waals surface area (Å²) in [6, 6.07) is 15.9. The second-order valence-corrected chi connectivity index (χ2v) is 10.4. The Morgan fingerprint density at radius 3 is 2.50 bits per heavy atom. The zero-order valence-corrected chi connectivity index (χ0v) is 23.6. The van der Waals surface area contributed by atoms with Crippen LogP contribution in [0.2, 0.25) is 0 Å². The fourth-order valence-electron chi connectivity index (χ4n) is 4.79. The van der Waals surface area contributed by atoms with E-state index in [9.17, 15) is 14.4 Å². The highest BCUT2D eigenvalue weighted by Crippen LogP contribution is 2.31. The van der Waals surface area contributed by atoms with Crippen molar-refractivity contribution < 1.29 is 23.5 Å². The third kappa shape index (κ3) is 4.84. The highest BCUT2D eigenvalue weighted by atomic mass is 32.1. The van der Waals surface area contributed by atoms with E-state index in [1.807, 2.05) is 44.2 Å². The molecule has 0 radical (unpaired) electrons. The van der Waals surface area contributed by atoms with E-state index in [1.165, 1.54) is 18.4 Å². The number of furan rings is 1. The molecule has 0 N–H and O–H groups in total. The van der Waals surface area contributed by atoms with E-state index in [0.717, 1.165) is 22.3 Å². The molecule has 2 aromatic carbocycles. The minimum absolute atomic E-state index is 0.212. The summed E-state index contributed by atoms with van der Waals surface area (Å²) < 4.78 is 18.3. The molecule has 1 aliphatic rings. The van der Waals surface area contributed by atoms with Crippen LogP contribution in [0.5, 0.6) is 0 Å². The van der Waals surface area contributed by atoms with Crippen LogP contribution >= 0.6 is 11.3 Å². The SMILES string of the molecule is CCOC(=O)C1=C(C)N=c2s/c(=C/c3ccc(-c4cccc(C(=O)OC)c4C)o3)c(=O)n2[C@H]1c1ccc(C)cc1. The van der Waals surface area contributed by atoms with Gasteiger partial charge in [-0.3, -0.25) is 9.36 Å². The molecule has 0 aliphatic carbocycles. The van der Waals surface area contributed by atoms with Crippen molar-refractivity contribution in [2.45, 2.75) is 33.7 Å². The Kier molecular flexibility index (Phi) is 7.40. The minimum Gasteiger partial charge on any atom is -0.465 e. The lowest BCUT2D eigenvalue weighted by molar-refractivity contribution is -0.139. The normalized spacial score (nSPS) is 15.0. The summed E-state index contributed by atoms with van der Waals surface area (Å²) in [6.45, 7) is 7.52. The number of methoxy groups -OCH3 is 1. The summed E-state index contributed by atoms with van der Waals surface area (Å²) in [4.78, 5) is 44.1. The summed E-state index contributed by atoms with van der Waals surface area (Å²) in [5.74, 6) is 0.105. The molecule has 4 aromatic rings. The number of hydrogen-bond acceptors (Lipinski definition) is 8. The van der Waals surface area contributed by atoms with Gasteiger partial charge in [-0.25, -0.2) is 14.6 Å². The molecule has 0 saturated carbocycles. The summed E-state index contributed by atoms with van der Waals surface area (Å²) >= 11 is 1.23. The van der Waals surface area contributed by atoms with Gasteiger partial charge in [0.15, 0.2) is 4.80 Å². The summed E-state index contributed by atoms with van der Waals surface area (Å²) in [5.41, 5.74) is 4.35. The standard InChI is InChI=1S/C31H28N2O6S/c1-6-38-30(36)26-19(4)32-31-33(27(26)20-12-10-17(2)11-13-20)28(34)25(40-31)16-21-14-15-24(39-21)22-8-7-9-23(18(22)3)29(35)37-5/h7-16,27H,6H2,1-5H3/b25-16+/t27-/m0/s1. The molecule has 5 rings (SSSR count). The van der Waals surface area contributed by atoms with Crippen LogP contribution in [0.15, 0.2) is 80.1 Å². The maximum Gasteiger partial charge on any atom is 0.338 e. The van der Waals surface area contributed by atoms with Crippen molar-refractivity contribution in [3.05, 3.63) is 114 Å². The van der Waals surface area contributed by atoms with Crippen LogP contribution in [0.3, 0.4) is 0 Å². The third-order valence-electron chi connectivity index (χ3n) is 6.81. The van der Waals surface area contributed by atoms with E-state index in [4.69, 9.17) is 13.9 Å². The number of esters is 2. The molecule has 0 bridgehead atoms. The van der Waals surface area contributed by atoms with Crippen LogP contribution in [0.4, 0.5) is 0 Å². The Morgan fingerprint density at radius 1 is 1.05 bits per heavy atom. The van der Waals surface area contributed by atoms with Crippen LogP contribution in [0, 0.1) is 13.8 Å². The van der Waals surface area contributed by atoms with E-state index in [-0.39, 0.29) is 12.2 Å². The zero-order valence-electron chi connectivity index (χ0n) is 22.8. The maximum absolute atomic E-state index is 13.8. The van der Waals surface area contributed by atoms with Crippen molar-refractivity contribution in [3.63, 3.8) is 0 Å². The summed E-state index contributed by atoms with van der Waals surface area (Å²) in [6.07, 6.45) is 1.67. The molecule has 0 unspecified atom stereocenters. The number of benzene rings is 2. The lowest BCUT2D eigenvalue weighted by atomic mass is 9.95. The quantitative estimate of drug-likeness (QED) is 0.325. The zero-order chi connectivity index (χ0) is 28.6. The van der Waals surface area contributed by atoms with Gasteiger partial charge >= 0.3 is 11.9 Å². The van der Waals surface area contributed by atoms with Gasteiger partial charge in [0, 0.05) is 11.6 Å². The molecule has 0 saturated heterocycles. The van der Waals surface area contributed by atoms with Crippen LogP contribution in [0.1, 0.15) is 52.7 Å². The highest BCUT2D eigenvalue weighted by Gasteiger charge is 2.33. The molecule has 1 aliphatic heterocycles. The Morgan fingerprint density at radius 2 is 1.80 bits per heavy atom. The van der Waals surface area contributed by atoms with E-state index in [2.05, 4.69) is 4.99 Å². The molecule has 40 heavy (non-hydrogen) atoms. The van der Waals surface area contributed by atoms with Gasteiger partial charge in [0.05, 0.1) is 41.1 Å². The van der Waals surface area contributed by atoms with Crippen molar-refractivity contribution in [3.8, 4) is 11.3 Å². The Bertz CT molecular complexity index is 1840. The first kappa shape index (κ1) is 27.1. The molecule has 0 amide bonds. The van der Waals surface area contributed by atoms with Gasteiger partial charge < -0.3 is 13.9 Å². The molecule has 0 fully saturated rings. The van der Waals surface area contributed by atoms with Crippen LogP contribution in [-0.2, 0) is 14.3 Å². The highest BCUT2D eigenvalue weighted by molar-refractivity contribution is 7.07. The van der Waals surface area contributed by atoms with Crippen LogP contribution in [0.25, 0.3) is 17.4 Å². The topological polar surface area (TPSA) is 100 Å². The Labute approximate surface area is 234 Å². The molecule has 204 valence electrons. The molecule has 2 aromatic heterocycles. The molecule has 1 atom stereocenters. The van der Waals surface area contributed by atoms with Gasteiger partial charge in [-0.1, -0.05) is 53.3 Å². The van der Waals surface area contributed by atoms with Crippen molar-refractivity contribution in [1.82, 2.24) is 4.57 Å². The first-order chi connectivity index (χ1) is 19.2. The number of fused-ring (bicyclic) bond motifs is 1. The van der Waals surface area contributed by atoms with Gasteiger partial charge in [0.2, 0.25) is 0 Å². The van der Waals surface area contributed by atoms with E-state index in [1.54, 1.807) is 48.8 Å². The number of carbonyl (C=O) groups excluding carboxylic acids is 2. The minimum atomic E-state index is -0.672. The second kappa shape index (κ2) is 10.9. The van der Waals surface area contributed by atoms with Crippen LogP contribution < -0.4 is 14.9 Å². The fourth-order valence-corrected chi connectivity index (χ4v) is 5.82. The summed E-state index contributed by atoms with van der Waals surface area (Å²) in [7, 11) is 1.34. The van der Waals surface area contributed by atoms with E-state index < -0.39 is 18.0 Å². The number of ether oxygens (including phenoxy) is 2. The predicted molar refractivity (Wildman–Crippen MR) is 152 cm³/mol. The average Bonchev–Trinajstić information content (AvgIpc) is 3.52. The van der Waals surface area contributed by atoms with Crippen molar-refractivity contribution in [2.75, 3.05) is 13.7 Å². The number of rotatable bonds is 6. The lowest BCUT2D eigenvalue weighted by Crippen LogP contribution is -2.39. The molecule has 9 heteroatoms. The largest absolute Gasteiger partial charge is 0.465 e. The first-order valence-electron chi connectivity index (χ1n) is 12.8. The average molecular weight is 557 g/mol. The number of nitrogens with zero attached hydrogens (tertiary/aromatic N) is 2. The first-order valence-corrected chi connectivity index (χ1v) is 13.6.